The maximum Gasteiger partial charge on any atom is 0.281 e. The molecule has 0 atom stereocenters. The topological polar surface area (TPSA) is 244 Å². The summed E-state index contributed by atoms with van der Waals surface area (Å²) in [4.78, 5) is 71.8. The van der Waals surface area contributed by atoms with Gasteiger partial charge >= 0.3 is 0 Å². The number of ether oxygens (including phenoxy) is 5. The summed E-state index contributed by atoms with van der Waals surface area (Å²) in [5.74, 6) is 7.53. The quantitative estimate of drug-likeness (QED) is 0.0791. The molecule has 27 heteroatoms. The highest BCUT2D eigenvalue weighted by Gasteiger charge is 2.33. The number of anilines is 6. The fraction of sp³-hybridized carbons (Fsp3) is 0.367. The minimum absolute atomic E-state index is 0.0575. The van der Waals surface area contributed by atoms with E-state index in [0.717, 1.165) is 119 Å². The number of phenolic OH excluding ortho intramolecular Hbond substituents is 1. The van der Waals surface area contributed by atoms with E-state index in [9.17, 15) is 23.1 Å². The van der Waals surface area contributed by atoms with E-state index in [2.05, 4.69) is 24.5 Å². The fourth-order valence-electron chi connectivity index (χ4n) is 13.7. The molecule has 5 fully saturated rings. The van der Waals surface area contributed by atoms with Crippen molar-refractivity contribution in [3.05, 3.63) is 180 Å². The van der Waals surface area contributed by atoms with Crippen molar-refractivity contribution in [2.75, 3.05) is 184 Å². The van der Waals surface area contributed by atoms with E-state index < -0.39 is 10.2 Å². The van der Waals surface area contributed by atoms with Gasteiger partial charge in [0.15, 0.2) is 34.5 Å². The van der Waals surface area contributed by atoms with Crippen LogP contribution in [-0.4, -0.2) is 228 Å². The van der Waals surface area contributed by atoms with Crippen LogP contribution in [-0.2, 0) is 23.4 Å². The Labute approximate surface area is 619 Å². The molecule has 26 nitrogen and oxygen atoms in total. The first-order valence-electron chi connectivity index (χ1n) is 36.0. The second-order valence-corrected chi connectivity index (χ2v) is 29.1. The SMILES string of the molecule is COc1cc2c(N3CCN(C(=O)c4ccccc4)CC3)nc(N3CCCC3)nc2cc1O.COc1cc2c(N3CCN(C(=O)c4ccccc4)CC3)nc(N3CCCC3)nc2cc1OCc1ccccc1.COc1cc2c(N3CCN(S(=O)(=O)N(C)C)CC3)nc(N(C)C)nc2cc1OCc1ccccc1. The van der Waals surface area contributed by atoms with Crippen LogP contribution in [0.5, 0.6) is 34.5 Å². The first-order chi connectivity index (χ1) is 51.5. The summed E-state index contributed by atoms with van der Waals surface area (Å²) < 4.78 is 56.8. The predicted octanol–water partition coefficient (Wildman–Crippen LogP) is 9.90. The van der Waals surface area contributed by atoms with Gasteiger partial charge in [-0.05, 0) is 79.3 Å². The van der Waals surface area contributed by atoms with E-state index in [1.54, 1.807) is 40.4 Å². The maximum absolute atomic E-state index is 13.0. The minimum atomic E-state index is -3.45. The van der Waals surface area contributed by atoms with Crippen LogP contribution in [0.15, 0.2) is 158 Å². The van der Waals surface area contributed by atoms with E-state index >= 15 is 0 Å². The number of nitrogens with zero attached hydrogens (tertiary/aromatic N) is 16. The van der Waals surface area contributed by atoms with Crippen molar-refractivity contribution in [3.8, 4) is 34.5 Å². The highest BCUT2D eigenvalue weighted by molar-refractivity contribution is 7.86. The summed E-state index contributed by atoms with van der Waals surface area (Å²) in [7, 11) is 8.23. The number of hydrogen-bond acceptors (Lipinski definition) is 22. The monoisotopic (exact) mass is 1460 g/mol. The summed E-state index contributed by atoms with van der Waals surface area (Å²) in [6.07, 6.45) is 4.55. The average molecular weight is 1460 g/mol. The molecule has 0 aliphatic carbocycles. The number of phenols is 1. The summed E-state index contributed by atoms with van der Waals surface area (Å²) in [5, 5.41) is 12.9. The Morgan fingerprint density at radius 3 is 1.15 bits per heavy atom. The van der Waals surface area contributed by atoms with Crippen LogP contribution in [0.2, 0.25) is 0 Å². The van der Waals surface area contributed by atoms with Crippen LogP contribution in [0.4, 0.5) is 35.3 Å². The third kappa shape index (κ3) is 16.7. The molecule has 0 unspecified atom stereocenters. The van der Waals surface area contributed by atoms with Gasteiger partial charge in [-0.2, -0.15) is 32.0 Å². The zero-order valence-corrected chi connectivity index (χ0v) is 62.1. The molecule has 0 spiro atoms. The number of benzene rings is 7. The maximum atomic E-state index is 13.0. The van der Waals surface area contributed by atoms with Crippen molar-refractivity contribution in [2.45, 2.75) is 38.9 Å². The lowest BCUT2D eigenvalue weighted by Crippen LogP contribution is -2.52. The van der Waals surface area contributed by atoms with Gasteiger partial charge in [0.1, 0.15) is 30.7 Å². The van der Waals surface area contributed by atoms with Gasteiger partial charge in [0, 0.05) is 178 Å². The molecule has 0 radical (unpaired) electrons. The van der Waals surface area contributed by atoms with Crippen molar-refractivity contribution in [1.29, 1.82) is 0 Å². The summed E-state index contributed by atoms with van der Waals surface area (Å²) in [6.45, 7) is 11.6. The molecular formula is C79H92N16O10S. The largest absolute Gasteiger partial charge is 0.504 e. The molecule has 5 aliphatic rings. The van der Waals surface area contributed by atoms with E-state index in [4.69, 9.17) is 53.6 Å². The lowest BCUT2D eigenvalue weighted by Gasteiger charge is -2.36. The molecule has 3 aromatic heterocycles. The molecule has 5 aliphatic heterocycles. The Morgan fingerprint density at radius 2 is 0.764 bits per heavy atom. The summed E-state index contributed by atoms with van der Waals surface area (Å²) in [5.41, 5.74) is 5.83. The third-order valence-corrected chi connectivity index (χ3v) is 21.6. The number of amides is 2. The molecule has 554 valence electrons. The number of fused-ring (bicyclic) bond motifs is 3. The van der Waals surface area contributed by atoms with Crippen LogP contribution in [0.25, 0.3) is 32.7 Å². The second-order valence-electron chi connectivity index (χ2n) is 26.9. The van der Waals surface area contributed by atoms with Crippen molar-refractivity contribution in [3.63, 3.8) is 0 Å². The lowest BCUT2D eigenvalue weighted by molar-refractivity contribution is 0.0739. The van der Waals surface area contributed by atoms with Gasteiger partial charge in [-0.3, -0.25) is 9.59 Å². The molecule has 10 aromatic rings. The summed E-state index contributed by atoms with van der Waals surface area (Å²) in [6, 6.07) is 50.1. The van der Waals surface area contributed by atoms with Crippen LogP contribution < -0.4 is 53.1 Å². The first-order valence-corrected chi connectivity index (χ1v) is 37.4. The second kappa shape index (κ2) is 33.4. The number of aromatic nitrogens is 6. The Kier molecular flexibility index (Phi) is 23.1. The van der Waals surface area contributed by atoms with Crippen molar-refractivity contribution in [1.82, 2.24) is 48.3 Å². The Morgan fingerprint density at radius 1 is 0.406 bits per heavy atom. The van der Waals surface area contributed by atoms with Gasteiger partial charge in [0.25, 0.3) is 22.0 Å². The van der Waals surface area contributed by atoms with Gasteiger partial charge in [-0.1, -0.05) is 97.1 Å². The van der Waals surface area contributed by atoms with Crippen molar-refractivity contribution < 1.29 is 46.8 Å². The van der Waals surface area contributed by atoms with Crippen LogP contribution in [0.1, 0.15) is 57.5 Å². The molecule has 2 amide bonds. The lowest BCUT2D eigenvalue weighted by atomic mass is 10.1. The predicted molar refractivity (Wildman–Crippen MR) is 414 cm³/mol. The van der Waals surface area contributed by atoms with Crippen molar-refractivity contribution in [2.24, 2.45) is 0 Å². The van der Waals surface area contributed by atoms with Gasteiger partial charge in [-0.25, -0.2) is 15.0 Å². The van der Waals surface area contributed by atoms with Crippen LogP contribution >= 0.6 is 0 Å². The Balaban J connectivity index is 0.000000141. The normalized spacial score (nSPS) is 15.7. The number of rotatable bonds is 19. The number of methoxy groups -OCH3 is 3. The third-order valence-electron chi connectivity index (χ3n) is 19.6. The Hall–Kier alpha value is -11.0. The highest BCUT2D eigenvalue weighted by atomic mass is 32.2. The van der Waals surface area contributed by atoms with E-state index in [1.807, 2.05) is 174 Å². The number of hydrogen-bond donors (Lipinski definition) is 1. The molecule has 106 heavy (non-hydrogen) atoms. The molecule has 0 bridgehead atoms. The average Bonchev–Trinajstić information content (AvgIpc) is 1.59. The van der Waals surface area contributed by atoms with Gasteiger partial charge in [0.05, 0.1) is 37.9 Å². The molecule has 15 rings (SSSR count). The fourth-order valence-corrected chi connectivity index (χ4v) is 14.8. The molecule has 7 aromatic carbocycles. The van der Waals surface area contributed by atoms with E-state index in [1.165, 1.54) is 15.7 Å². The Bertz CT molecular complexity index is 4790. The summed E-state index contributed by atoms with van der Waals surface area (Å²) >= 11 is 0. The van der Waals surface area contributed by atoms with Gasteiger partial charge in [0.2, 0.25) is 17.8 Å². The van der Waals surface area contributed by atoms with E-state index in [-0.39, 0.29) is 17.6 Å². The smallest absolute Gasteiger partial charge is 0.281 e. The van der Waals surface area contributed by atoms with E-state index in [0.29, 0.717) is 143 Å². The number of carbonyl (C=O) groups excluding carboxylic acids is 2. The number of carbonyl (C=O) groups is 2. The van der Waals surface area contributed by atoms with Crippen molar-refractivity contribution >= 4 is 90.0 Å². The van der Waals surface area contributed by atoms with Gasteiger partial charge < -0.3 is 68.0 Å². The number of piperazine rings is 3. The highest BCUT2D eigenvalue weighted by Crippen LogP contribution is 2.41. The molecular weight excluding hydrogens is 1370 g/mol. The number of aromatic hydroxyl groups is 1. The zero-order valence-electron chi connectivity index (χ0n) is 61.3. The first kappa shape index (κ1) is 73.3. The van der Waals surface area contributed by atoms with Crippen LogP contribution in [0.3, 0.4) is 0 Å². The molecule has 0 saturated carbocycles. The molecule has 5 saturated heterocycles. The zero-order chi connectivity index (χ0) is 73.8. The molecule has 1 N–H and O–H groups in total. The minimum Gasteiger partial charge on any atom is -0.504 e. The van der Waals surface area contributed by atoms with Gasteiger partial charge in [-0.15, -0.1) is 0 Å². The standard InChI is InChI=1S/C31H33N5O3.C24H32N6O4S.C24H27N5O3/c1-38-27-20-25-26(21-28(27)39-22-23-10-4-2-5-11-23)32-31(36-14-8-9-15-36)33-29(25)34-16-18-35(19-17-34)30(37)24-12-6-3-7-13-24;1-27(2)24-25-20-16-22(34-17-18-9-7-6-8-10-18)21(33-5)15-19(20)23(26-24)29-11-13-30(14-12-29)35(31,32)28(3)4;1-32-21-15-18-19(16-20(21)30)25-24(29-9-5-6-10-29)26-22(18)27-11-13-28(14-12-27)23(31)17-7-3-2-4-8-17/h2-7,10-13,20-21H,8-9,14-19,22H2,1H3;6-10,15-16H,11-14,17H2,1-5H3;2-4,7-8,15-16,30H,5-6,9-14H2,1H3. The molecule has 8 heterocycles. The van der Waals surface area contributed by atoms with Crippen LogP contribution in [0, 0.1) is 0 Å².